The van der Waals surface area contributed by atoms with Gasteiger partial charge in [-0.15, -0.1) is 0 Å². The summed E-state index contributed by atoms with van der Waals surface area (Å²) >= 11 is 0. The van der Waals surface area contributed by atoms with Crippen molar-refractivity contribution in [1.82, 2.24) is 5.32 Å². The summed E-state index contributed by atoms with van der Waals surface area (Å²) in [6, 6.07) is 4.98. The van der Waals surface area contributed by atoms with Crippen LogP contribution >= 0.6 is 0 Å². The third-order valence-electron chi connectivity index (χ3n) is 3.13. The average Bonchev–Trinajstić information content (AvgIpc) is 2.42. The van der Waals surface area contributed by atoms with Crippen LogP contribution < -0.4 is 20.5 Å². The highest BCUT2D eigenvalue weighted by Gasteiger charge is 2.27. The predicted octanol–water partition coefficient (Wildman–Crippen LogP) is 1.69. The van der Waals surface area contributed by atoms with Crippen molar-refractivity contribution in [3.8, 4) is 11.5 Å². The number of carbonyl (C=O) groups excluding carboxylic acids is 1. The van der Waals surface area contributed by atoms with Crippen molar-refractivity contribution < 1.29 is 14.3 Å². The molecule has 0 radical (unpaired) electrons. The van der Waals surface area contributed by atoms with Crippen LogP contribution in [0.25, 0.3) is 0 Å². The van der Waals surface area contributed by atoms with E-state index in [1.165, 1.54) is 0 Å². The van der Waals surface area contributed by atoms with Gasteiger partial charge in [-0.1, -0.05) is 26.8 Å². The molecule has 1 aromatic rings. The Hall–Kier alpha value is -1.75. The van der Waals surface area contributed by atoms with Gasteiger partial charge in [0, 0.05) is 6.54 Å². The summed E-state index contributed by atoms with van der Waals surface area (Å²) in [6.45, 7) is 6.22. The molecule has 0 aliphatic heterocycles. The molecule has 0 aliphatic rings. The summed E-state index contributed by atoms with van der Waals surface area (Å²) in [5.74, 6) is 1.14. The first-order valence-electron chi connectivity index (χ1n) is 6.53. The van der Waals surface area contributed by atoms with Crippen LogP contribution in [0.2, 0.25) is 0 Å². The maximum atomic E-state index is 11.9. The predicted molar refractivity (Wildman–Crippen MR) is 78.8 cm³/mol. The van der Waals surface area contributed by atoms with Gasteiger partial charge >= 0.3 is 0 Å². The van der Waals surface area contributed by atoms with E-state index in [0.717, 1.165) is 5.56 Å². The topological polar surface area (TPSA) is 73.6 Å². The molecule has 1 rings (SSSR count). The molecule has 0 aliphatic carbocycles. The lowest BCUT2D eigenvalue weighted by Gasteiger charge is -2.25. The maximum Gasteiger partial charge on any atom is 0.237 e. The number of hydrogen-bond donors (Lipinski definition) is 2. The minimum atomic E-state index is -0.539. The fourth-order valence-electron chi connectivity index (χ4n) is 1.68. The highest BCUT2D eigenvalue weighted by Crippen LogP contribution is 2.27. The number of carbonyl (C=O) groups is 1. The minimum Gasteiger partial charge on any atom is -0.493 e. The lowest BCUT2D eigenvalue weighted by Crippen LogP contribution is -2.48. The second kappa shape index (κ2) is 6.61. The van der Waals surface area contributed by atoms with Gasteiger partial charge < -0.3 is 20.5 Å². The Labute approximate surface area is 120 Å². The van der Waals surface area contributed by atoms with Gasteiger partial charge in [0.15, 0.2) is 11.5 Å². The number of rotatable bonds is 5. The maximum absolute atomic E-state index is 11.9. The normalized spacial score (nSPS) is 12.7. The highest BCUT2D eigenvalue weighted by atomic mass is 16.5. The molecule has 1 aromatic carbocycles. The molecule has 0 saturated carbocycles. The summed E-state index contributed by atoms with van der Waals surface area (Å²) in [6.07, 6.45) is 0. The first-order valence-corrected chi connectivity index (χ1v) is 6.53. The van der Waals surface area contributed by atoms with Crippen molar-refractivity contribution in [3.63, 3.8) is 0 Å². The largest absolute Gasteiger partial charge is 0.493 e. The Morgan fingerprint density at radius 2 is 1.85 bits per heavy atom. The fourth-order valence-corrected chi connectivity index (χ4v) is 1.68. The van der Waals surface area contributed by atoms with Crippen LogP contribution in [0.15, 0.2) is 18.2 Å². The number of nitrogens with two attached hydrogens (primary N) is 1. The SMILES string of the molecule is COc1ccc(CNC(=O)[C@H](N)C(C)(C)C)cc1OC. The Bertz CT molecular complexity index is 467. The zero-order valence-corrected chi connectivity index (χ0v) is 12.8. The van der Waals surface area contributed by atoms with E-state index in [1.807, 2.05) is 39.0 Å². The van der Waals surface area contributed by atoms with E-state index in [2.05, 4.69) is 5.32 Å². The van der Waals surface area contributed by atoms with Crippen LogP contribution in [0.3, 0.4) is 0 Å². The zero-order valence-electron chi connectivity index (χ0n) is 12.8. The smallest absolute Gasteiger partial charge is 0.237 e. The minimum absolute atomic E-state index is 0.160. The molecule has 0 spiro atoms. The van der Waals surface area contributed by atoms with Crippen LogP contribution in [-0.4, -0.2) is 26.2 Å². The molecule has 112 valence electrons. The van der Waals surface area contributed by atoms with Gasteiger partial charge in [-0.25, -0.2) is 0 Å². The van der Waals surface area contributed by atoms with E-state index in [9.17, 15) is 4.79 Å². The van der Waals surface area contributed by atoms with Crippen molar-refractivity contribution >= 4 is 5.91 Å². The fraction of sp³-hybridized carbons (Fsp3) is 0.533. The first-order chi connectivity index (χ1) is 9.29. The molecule has 5 nitrogen and oxygen atoms in total. The molecule has 0 aromatic heterocycles. The number of ether oxygens (including phenoxy) is 2. The van der Waals surface area contributed by atoms with Crippen molar-refractivity contribution in [2.45, 2.75) is 33.4 Å². The molecule has 0 unspecified atom stereocenters. The van der Waals surface area contributed by atoms with Crippen LogP contribution in [0.1, 0.15) is 26.3 Å². The number of amides is 1. The zero-order chi connectivity index (χ0) is 15.3. The lowest BCUT2D eigenvalue weighted by atomic mass is 9.87. The molecule has 0 bridgehead atoms. The van der Waals surface area contributed by atoms with E-state index in [0.29, 0.717) is 18.0 Å². The van der Waals surface area contributed by atoms with Crippen molar-refractivity contribution in [2.75, 3.05) is 14.2 Å². The highest BCUT2D eigenvalue weighted by molar-refractivity contribution is 5.82. The van der Waals surface area contributed by atoms with Gasteiger partial charge in [-0.05, 0) is 23.1 Å². The number of hydrogen-bond acceptors (Lipinski definition) is 4. The van der Waals surface area contributed by atoms with E-state index < -0.39 is 6.04 Å². The summed E-state index contributed by atoms with van der Waals surface area (Å²) in [7, 11) is 3.16. The monoisotopic (exact) mass is 280 g/mol. The van der Waals surface area contributed by atoms with E-state index in [4.69, 9.17) is 15.2 Å². The number of benzene rings is 1. The quantitative estimate of drug-likeness (QED) is 0.861. The van der Waals surface area contributed by atoms with E-state index >= 15 is 0 Å². The summed E-state index contributed by atoms with van der Waals surface area (Å²) in [4.78, 5) is 11.9. The summed E-state index contributed by atoms with van der Waals surface area (Å²) in [5, 5.41) is 2.83. The molecular formula is C15H24N2O3. The van der Waals surface area contributed by atoms with Crippen LogP contribution in [0.4, 0.5) is 0 Å². The Morgan fingerprint density at radius 3 is 2.35 bits per heavy atom. The summed E-state index contributed by atoms with van der Waals surface area (Å²) < 4.78 is 10.4. The van der Waals surface area contributed by atoms with E-state index in [-0.39, 0.29) is 11.3 Å². The van der Waals surface area contributed by atoms with Crippen LogP contribution in [0, 0.1) is 5.41 Å². The molecule has 5 heteroatoms. The molecule has 20 heavy (non-hydrogen) atoms. The Morgan fingerprint density at radius 1 is 1.25 bits per heavy atom. The third kappa shape index (κ3) is 4.13. The molecule has 0 saturated heterocycles. The molecule has 3 N–H and O–H groups in total. The average molecular weight is 280 g/mol. The van der Waals surface area contributed by atoms with Crippen LogP contribution in [0.5, 0.6) is 11.5 Å². The first kappa shape index (κ1) is 16.3. The van der Waals surface area contributed by atoms with Crippen molar-refractivity contribution in [2.24, 2.45) is 11.1 Å². The van der Waals surface area contributed by atoms with Crippen molar-refractivity contribution in [1.29, 1.82) is 0 Å². The lowest BCUT2D eigenvalue weighted by molar-refractivity contribution is -0.124. The molecular weight excluding hydrogens is 256 g/mol. The van der Waals surface area contributed by atoms with Gasteiger partial charge in [0.1, 0.15) is 0 Å². The number of nitrogens with one attached hydrogen (secondary N) is 1. The van der Waals surface area contributed by atoms with Gasteiger partial charge in [-0.2, -0.15) is 0 Å². The molecule has 1 atom stereocenters. The van der Waals surface area contributed by atoms with Gasteiger partial charge in [0.25, 0.3) is 0 Å². The van der Waals surface area contributed by atoms with E-state index in [1.54, 1.807) is 14.2 Å². The standard InChI is InChI=1S/C15H24N2O3/c1-15(2,3)13(16)14(18)17-9-10-6-7-11(19-4)12(8-10)20-5/h6-8,13H,9,16H2,1-5H3,(H,17,18)/t13-/m0/s1. The molecule has 0 heterocycles. The summed E-state index contributed by atoms with van der Waals surface area (Å²) in [5.41, 5.74) is 6.57. The van der Waals surface area contributed by atoms with Gasteiger partial charge in [0.2, 0.25) is 5.91 Å². The number of methoxy groups -OCH3 is 2. The third-order valence-corrected chi connectivity index (χ3v) is 3.13. The Balaban J connectivity index is 2.69. The van der Waals surface area contributed by atoms with Gasteiger partial charge in [0.05, 0.1) is 20.3 Å². The molecule has 0 fully saturated rings. The van der Waals surface area contributed by atoms with Crippen LogP contribution in [-0.2, 0) is 11.3 Å². The second-order valence-electron chi connectivity index (χ2n) is 5.75. The van der Waals surface area contributed by atoms with Crippen molar-refractivity contribution in [3.05, 3.63) is 23.8 Å². The second-order valence-corrected chi connectivity index (χ2v) is 5.75. The Kier molecular flexibility index (Phi) is 5.39. The molecule has 1 amide bonds. The van der Waals surface area contributed by atoms with Gasteiger partial charge in [-0.3, -0.25) is 4.79 Å².